The van der Waals surface area contributed by atoms with Crippen LogP contribution in [0.15, 0.2) is 18.2 Å². The smallest absolute Gasteiger partial charge is 0.0476 e. The summed E-state index contributed by atoms with van der Waals surface area (Å²) in [5.74, 6) is 1.77. The second-order valence-electron chi connectivity index (χ2n) is 4.37. The number of anilines is 1. The summed E-state index contributed by atoms with van der Waals surface area (Å²) in [6.45, 7) is 4.38. The van der Waals surface area contributed by atoms with Crippen LogP contribution in [0.4, 0.5) is 5.69 Å². The summed E-state index contributed by atoms with van der Waals surface area (Å²) in [5, 5.41) is 0. The first-order valence-corrected chi connectivity index (χ1v) is 7.94. The number of rotatable bonds is 6. The minimum Gasteiger partial charge on any atom is -0.371 e. The van der Waals surface area contributed by atoms with Gasteiger partial charge in [-0.2, -0.15) is 11.8 Å². The normalized spacial score (nSPS) is 12.5. The quantitative estimate of drug-likeness (QED) is 0.709. The largest absolute Gasteiger partial charge is 0.371 e. The Hall–Kier alpha value is -0.340. The van der Waals surface area contributed by atoms with Gasteiger partial charge in [0.1, 0.15) is 0 Å². The van der Waals surface area contributed by atoms with Crippen molar-refractivity contribution in [3.8, 4) is 0 Å². The van der Waals surface area contributed by atoms with Crippen molar-refractivity contribution in [2.24, 2.45) is 0 Å². The van der Waals surface area contributed by atoms with E-state index in [1.54, 1.807) is 0 Å². The third-order valence-corrected chi connectivity index (χ3v) is 4.26. The van der Waals surface area contributed by atoms with Gasteiger partial charge in [0.25, 0.3) is 0 Å². The topological polar surface area (TPSA) is 3.24 Å². The molecule has 0 heterocycles. The lowest BCUT2D eigenvalue weighted by atomic mass is 10.1. The van der Waals surface area contributed by atoms with Crippen molar-refractivity contribution in [1.82, 2.24) is 0 Å². The molecule has 0 aliphatic carbocycles. The average Bonchev–Trinajstić information content (AvgIpc) is 2.35. The Morgan fingerprint density at radius 2 is 2.12 bits per heavy atom. The van der Waals surface area contributed by atoms with Crippen LogP contribution < -0.4 is 4.90 Å². The molecule has 1 atom stereocenters. The lowest BCUT2D eigenvalue weighted by Crippen LogP contribution is -2.33. The van der Waals surface area contributed by atoms with Crippen LogP contribution in [0, 0.1) is 6.92 Å². The second kappa shape index (κ2) is 7.17. The summed E-state index contributed by atoms with van der Waals surface area (Å²) in [7, 11) is 2.18. The van der Waals surface area contributed by atoms with Crippen molar-refractivity contribution in [1.29, 1.82) is 0 Å². The van der Waals surface area contributed by atoms with Crippen LogP contribution in [-0.4, -0.2) is 25.1 Å². The van der Waals surface area contributed by atoms with Gasteiger partial charge in [-0.05, 0) is 42.9 Å². The molecular formula is C14H22ClNS. The van der Waals surface area contributed by atoms with E-state index < -0.39 is 0 Å². The first kappa shape index (κ1) is 14.7. The molecule has 0 saturated carbocycles. The average molecular weight is 272 g/mol. The van der Waals surface area contributed by atoms with Crippen molar-refractivity contribution in [3.63, 3.8) is 0 Å². The Bertz CT molecular complexity index is 354. The first-order chi connectivity index (χ1) is 8.13. The Morgan fingerprint density at radius 3 is 2.59 bits per heavy atom. The first-order valence-electron chi connectivity index (χ1n) is 6.01. The van der Waals surface area contributed by atoms with Gasteiger partial charge in [0.05, 0.1) is 0 Å². The molecule has 0 spiro atoms. The molecule has 1 unspecified atom stereocenters. The lowest BCUT2D eigenvalue weighted by molar-refractivity contribution is 0.673. The fraction of sp³-hybridized carbons (Fsp3) is 0.571. The molecule has 0 radical (unpaired) electrons. The van der Waals surface area contributed by atoms with Gasteiger partial charge in [0, 0.05) is 30.4 Å². The predicted molar refractivity (Wildman–Crippen MR) is 81.6 cm³/mol. The number of nitrogens with zero attached hydrogens (tertiary/aromatic N) is 1. The van der Waals surface area contributed by atoms with Gasteiger partial charge < -0.3 is 4.90 Å². The molecule has 0 aliphatic heterocycles. The van der Waals surface area contributed by atoms with E-state index >= 15 is 0 Å². The van der Waals surface area contributed by atoms with Crippen molar-refractivity contribution in [2.45, 2.75) is 32.2 Å². The molecule has 0 saturated heterocycles. The van der Waals surface area contributed by atoms with E-state index in [0.29, 0.717) is 11.9 Å². The van der Waals surface area contributed by atoms with Crippen LogP contribution in [0.5, 0.6) is 0 Å². The third-order valence-electron chi connectivity index (χ3n) is 3.26. The molecule has 0 bridgehead atoms. The predicted octanol–water partition coefficient (Wildman–Crippen LogP) is 4.31. The highest BCUT2D eigenvalue weighted by Crippen LogP contribution is 2.23. The monoisotopic (exact) mass is 271 g/mol. The zero-order valence-electron chi connectivity index (χ0n) is 11.2. The number of alkyl halides is 1. The molecule has 96 valence electrons. The highest BCUT2D eigenvalue weighted by molar-refractivity contribution is 7.98. The van der Waals surface area contributed by atoms with Crippen LogP contribution >= 0.6 is 23.4 Å². The highest BCUT2D eigenvalue weighted by atomic mass is 35.5. The molecule has 1 rings (SSSR count). The molecule has 0 amide bonds. The van der Waals surface area contributed by atoms with E-state index in [2.05, 4.69) is 50.2 Å². The summed E-state index contributed by atoms with van der Waals surface area (Å²) in [5.41, 5.74) is 3.79. The van der Waals surface area contributed by atoms with Gasteiger partial charge in [-0.15, -0.1) is 11.6 Å². The minimum absolute atomic E-state index is 0.595. The van der Waals surface area contributed by atoms with Crippen LogP contribution in [-0.2, 0) is 5.88 Å². The van der Waals surface area contributed by atoms with Crippen LogP contribution in [0.1, 0.15) is 24.5 Å². The molecule has 0 N–H and O–H groups in total. The van der Waals surface area contributed by atoms with Gasteiger partial charge in [0.2, 0.25) is 0 Å². The number of thioether (sulfide) groups is 1. The highest BCUT2D eigenvalue weighted by Gasteiger charge is 2.13. The van der Waals surface area contributed by atoms with E-state index in [0.717, 1.165) is 0 Å². The minimum atomic E-state index is 0.595. The molecule has 17 heavy (non-hydrogen) atoms. The maximum atomic E-state index is 5.89. The van der Waals surface area contributed by atoms with E-state index in [9.17, 15) is 0 Å². The SMILES string of the molecule is CCC(CSC)N(C)c1ccc(CCl)c(C)c1. The number of benzene rings is 1. The van der Waals surface area contributed by atoms with Gasteiger partial charge in [0.15, 0.2) is 0 Å². The molecule has 1 nitrogen and oxygen atoms in total. The summed E-state index contributed by atoms with van der Waals surface area (Å²) < 4.78 is 0. The summed E-state index contributed by atoms with van der Waals surface area (Å²) in [6, 6.07) is 7.15. The molecule has 0 aromatic heterocycles. The number of hydrogen-bond acceptors (Lipinski definition) is 2. The number of halogens is 1. The molecule has 1 aromatic rings. The van der Waals surface area contributed by atoms with E-state index in [1.165, 1.54) is 29.0 Å². The Morgan fingerprint density at radius 1 is 1.41 bits per heavy atom. The van der Waals surface area contributed by atoms with Crippen molar-refractivity contribution >= 4 is 29.1 Å². The van der Waals surface area contributed by atoms with Gasteiger partial charge in [-0.25, -0.2) is 0 Å². The number of hydrogen-bond donors (Lipinski definition) is 0. The van der Waals surface area contributed by atoms with E-state index in [4.69, 9.17) is 11.6 Å². The second-order valence-corrected chi connectivity index (χ2v) is 5.55. The molecule has 0 aliphatic rings. The van der Waals surface area contributed by atoms with Crippen LogP contribution in [0.2, 0.25) is 0 Å². The zero-order valence-corrected chi connectivity index (χ0v) is 12.7. The fourth-order valence-electron chi connectivity index (χ4n) is 1.96. The summed E-state index contributed by atoms with van der Waals surface area (Å²) in [6.07, 6.45) is 3.34. The van der Waals surface area contributed by atoms with Crippen LogP contribution in [0.25, 0.3) is 0 Å². The maximum absolute atomic E-state index is 5.89. The Balaban J connectivity index is 2.87. The maximum Gasteiger partial charge on any atom is 0.0476 e. The number of aryl methyl sites for hydroxylation is 1. The zero-order chi connectivity index (χ0) is 12.8. The van der Waals surface area contributed by atoms with Crippen LogP contribution in [0.3, 0.4) is 0 Å². The van der Waals surface area contributed by atoms with E-state index in [1.807, 2.05) is 11.8 Å². The molecule has 1 aromatic carbocycles. The lowest BCUT2D eigenvalue weighted by Gasteiger charge is -2.29. The van der Waals surface area contributed by atoms with Gasteiger partial charge in [-0.1, -0.05) is 13.0 Å². The van der Waals surface area contributed by atoms with Gasteiger partial charge >= 0.3 is 0 Å². The van der Waals surface area contributed by atoms with Crippen molar-refractivity contribution in [3.05, 3.63) is 29.3 Å². The van der Waals surface area contributed by atoms with Crippen molar-refractivity contribution < 1.29 is 0 Å². The molecule has 0 fully saturated rings. The third kappa shape index (κ3) is 3.82. The summed E-state index contributed by atoms with van der Waals surface area (Å²) in [4.78, 5) is 2.38. The molecular weight excluding hydrogens is 250 g/mol. The Labute approximate surface area is 115 Å². The van der Waals surface area contributed by atoms with Crippen molar-refractivity contribution in [2.75, 3.05) is 24.0 Å². The standard InChI is InChI=1S/C14H22ClNS/c1-5-13(10-17-4)16(3)14-7-6-12(9-15)11(2)8-14/h6-8,13H,5,9-10H2,1-4H3. The van der Waals surface area contributed by atoms with Gasteiger partial charge in [-0.3, -0.25) is 0 Å². The summed E-state index contributed by atoms with van der Waals surface area (Å²) >= 11 is 7.79. The van der Waals surface area contributed by atoms with E-state index in [-0.39, 0.29) is 0 Å². The fourth-order valence-corrected chi connectivity index (χ4v) is 3.10. The molecule has 3 heteroatoms. The Kier molecular flexibility index (Phi) is 6.21.